The van der Waals surface area contributed by atoms with Crippen LogP contribution in [0.1, 0.15) is 25.3 Å². The second kappa shape index (κ2) is 4.18. The molecule has 0 aliphatic heterocycles. The lowest BCUT2D eigenvalue weighted by atomic mass is 9.75. The van der Waals surface area contributed by atoms with Gasteiger partial charge in [0.25, 0.3) is 0 Å². The van der Waals surface area contributed by atoms with Crippen molar-refractivity contribution in [1.29, 1.82) is 0 Å². The van der Waals surface area contributed by atoms with E-state index in [2.05, 4.69) is 38.1 Å². The Kier molecular flexibility index (Phi) is 3.08. The number of nitrogens with two attached hydrogens (primary N) is 1. The Bertz CT molecular complexity index is 342. The van der Waals surface area contributed by atoms with E-state index in [0.717, 1.165) is 12.5 Å². The van der Waals surface area contributed by atoms with Crippen LogP contribution in [0.2, 0.25) is 0 Å². The van der Waals surface area contributed by atoms with Crippen molar-refractivity contribution in [3.63, 3.8) is 0 Å². The first kappa shape index (κ1) is 11.0. The summed E-state index contributed by atoms with van der Waals surface area (Å²) in [5.41, 5.74) is 7.23. The first-order chi connectivity index (χ1) is 7.13. The zero-order valence-corrected chi connectivity index (χ0v) is 10.3. The molecule has 1 fully saturated rings. The van der Waals surface area contributed by atoms with Gasteiger partial charge < -0.3 is 5.73 Å². The summed E-state index contributed by atoms with van der Waals surface area (Å²) in [6.45, 7) is 5.25. The maximum Gasteiger partial charge on any atom is 0.0334 e. The Labute approximate surface area is 96.4 Å². The van der Waals surface area contributed by atoms with Gasteiger partial charge >= 0.3 is 0 Å². The molecule has 0 bridgehead atoms. The fourth-order valence-electron chi connectivity index (χ4n) is 2.43. The summed E-state index contributed by atoms with van der Waals surface area (Å²) in [7, 11) is 0. The van der Waals surface area contributed by atoms with Gasteiger partial charge in [0.2, 0.25) is 0 Å². The summed E-state index contributed by atoms with van der Waals surface area (Å²) in [6.07, 6.45) is 2.53. The minimum atomic E-state index is 0.327. The third-order valence-electron chi connectivity index (χ3n) is 3.14. The molecular weight excluding hydrogens is 202 g/mol. The van der Waals surface area contributed by atoms with Crippen LogP contribution in [0.25, 0.3) is 0 Å². The quantitative estimate of drug-likeness (QED) is 0.848. The van der Waals surface area contributed by atoms with Gasteiger partial charge in [0.05, 0.1) is 0 Å². The van der Waals surface area contributed by atoms with E-state index in [1.54, 1.807) is 0 Å². The van der Waals surface area contributed by atoms with Crippen LogP contribution in [0.3, 0.4) is 0 Å². The van der Waals surface area contributed by atoms with E-state index in [1.165, 1.54) is 23.3 Å². The van der Waals surface area contributed by atoms with Crippen LogP contribution in [-0.2, 0) is 0 Å². The molecule has 2 N–H and O–H groups in total. The molecule has 1 aromatic rings. The summed E-state index contributed by atoms with van der Waals surface area (Å²) >= 11 is 1.97. The van der Waals surface area contributed by atoms with Crippen LogP contribution in [0.5, 0.6) is 0 Å². The van der Waals surface area contributed by atoms with Crippen LogP contribution in [0.15, 0.2) is 29.2 Å². The van der Waals surface area contributed by atoms with E-state index < -0.39 is 0 Å². The normalized spacial score (nSPS) is 29.9. The monoisotopic (exact) mass is 221 g/mol. The van der Waals surface area contributed by atoms with Crippen molar-refractivity contribution in [3.8, 4) is 0 Å². The number of hydrogen-bond donors (Lipinski definition) is 1. The van der Waals surface area contributed by atoms with Crippen molar-refractivity contribution < 1.29 is 0 Å². The predicted molar refractivity (Wildman–Crippen MR) is 67.2 cm³/mol. The van der Waals surface area contributed by atoms with Crippen LogP contribution in [0, 0.1) is 12.8 Å². The van der Waals surface area contributed by atoms with Crippen molar-refractivity contribution in [2.45, 2.75) is 36.3 Å². The maximum absolute atomic E-state index is 5.90. The average molecular weight is 221 g/mol. The first-order valence-electron chi connectivity index (χ1n) is 5.59. The van der Waals surface area contributed by atoms with Crippen LogP contribution >= 0.6 is 11.8 Å². The summed E-state index contributed by atoms with van der Waals surface area (Å²) in [4.78, 5) is 1.37. The highest BCUT2D eigenvalue weighted by atomic mass is 32.2. The van der Waals surface area contributed by atoms with E-state index in [4.69, 9.17) is 5.73 Å². The minimum absolute atomic E-state index is 0.327. The van der Waals surface area contributed by atoms with Gasteiger partial charge in [0, 0.05) is 16.2 Å². The van der Waals surface area contributed by atoms with Crippen LogP contribution in [-0.4, -0.2) is 11.3 Å². The molecule has 0 saturated heterocycles. The molecular formula is C13H19NS. The smallest absolute Gasteiger partial charge is 0.0334 e. The third-order valence-corrected chi connectivity index (χ3v) is 4.56. The van der Waals surface area contributed by atoms with Gasteiger partial charge in [-0.1, -0.05) is 24.6 Å². The lowest BCUT2D eigenvalue weighted by molar-refractivity contribution is 0.257. The fourth-order valence-corrected chi connectivity index (χ4v) is 4.14. The molecule has 0 radical (unpaired) electrons. The van der Waals surface area contributed by atoms with Gasteiger partial charge in [-0.3, -0.25) is 0 Å². The topological polar surface area (TPSA) is 26.0 Å². The second-order valence-electron chi connectivity index (χ2n) is 4.82. The Morgan fingerprint density at radius 3 is 2.73 bits per heavy atom. The van der Waals surface area contributed by atoms with E-state index in [0.29, 0.717) is 4.75 Å². The maximum atomic E-state index is 5.90. The lowest BCUT2D eigenvalue weighted by Gasteiger charge is -2.45. The summed E-state index contributed by atoms with van der Waals surface area (Å²) in [5, 5.41) is 0. The number of aryl methyl sites for hydroxylation is 1. The molecule has 82 valence electrons. The fraction of sp³-hybridized carbons (Fsp3) is 0.538. The van der Waals surface area contributed by atoms with Crippen molar-refractivity contribution in [1.82, 2.24) is 0 Å². The van der Waals surface area contributed by atoms with Gasteiger partial charge in [-0.2, -0.15) is 0 Å². The molecule has 0 spiro atoms. The number of benzene rings is 1. The molecule has 2 rings (SSSR count). The van der Waals surface area contributed by atoms with Crippen molar-refractivity contribution in [3.05, 3.63) is 29.8 Å². The Balaban J connectivity index is 2.07. The predicted octanol–water partition coefficient (Wildman–Crippen LogP) is 3.21. The van der Waals surface area contributed by atoms with E-state index in [9.17, 15) is 0 Å². The molecule has 1 saturated carbocycles. The Morgan fingerprint density at radius 2 is 2.20 bits per heavy atom. The molecule has 0 atom stereocenters. The van der Waals surface area contributed by atoms with Gasteiger partial charge in [0.15, 0.2) is 0 Å². The highest BCUT2D eigenvalue weighted by Gasteiger charge is 2.41. The molecule has 2 heteroatoms. The van der Waals surface area contributed by atoms with Gasteiger partial charge in [-0.25, -0.2) is 0 Å². The van der Waals surface area contributed by atoms with Crippen LogP contribution in [0.4, 0.5) is 0 Å². The van der Waals surface area contributed by atoms with Crippen molar-refractivity contribution in [2.24, 2.45) is 11.7 Å². The standard InChI is InChI=1S/C13H19NS/c1-10-4-3-5-12(6-10)15-13(9-14)7-11(2)8-13/h3-6,11H,7-9,14H2,1-2H3. The largest absolute Gasteiger partial charge is 0.329 e. The first-order valence-corrected chi connectivity index (χ1v) is 6.41. The van der Waals surface area contributed by atoms with E-state index >= 15 is 0 Å². The molecule has 15 heavy (non-hydrogen) atoms. The number of rotatable bonds is 3. The Hall–Kier alpha value is -0.470. The zero-order chi connectivity index (χ0) is 10.9. The Morgan fingerprint density at radius 1 is 1.47 bits per heavy atom. The van der Waals surface area contributed by atoms with Gasteiger partial charge in [-0.05, 0) is 37.8 Å². The van der Waals surface area contributed by atoms with Crippen LogP contribution < -0.4 is 5.73 Å². The average Bonchev–Trinajstić information content (AvgIpc) is 2.15. The highest BCUT2D eigenvalue weighted by molar-refractivity contribution is 8.00. The lowest BCUT2D eigenvalue weighted by Crippen LogP contribution is -2.45. The molecule has 0 heterocycles. The minimum Gasteiger partial charge on any atom is -0.329 e. The van der Waals surface area contributed by atoms with Crippen molar-refractivity contribution >= 4 is 11.8 Å². The van der Waals surface area contributed by atoms with E-state index in [1.807, 2.05) is 11.8 Å². The molecule has 1 aliphatic carbocycles. The summed E-state index contributed by atoms with van der Waals surface area (Å²) < 4.78 is 0.327. The number of thioether (sulfide) groups is 1. The zero-order valence-electron chi connectivity index (χ0n) is 9.49. The summed E-state index contributed by atoms with van der Waals surface area (Å²) in [6, 6.07) is 8.72. The van der Waals surface area contributed by atoms with Gasteiger partial charge in [-0.15, -0.1) is 11.8 Å². The molecule has 1 aliphatic rings. The van der Waals surface area contributed by atoms with Crippen molar-refractivity contribution in [2.75, 3.05) is 6.54 Å². The molecule has 1 nitrogen and oxygen atoms in total. The second-order valence-corrected chi connectivity index (χ2v) is 6.36. The number of hydrogen-bond acceptors (Lipinski definition) is 2. The van der Waals surface area contributed by atoms with Gasteiger partial charge in [0.1, 0.15) is 0 Å². The molecule has 0 aromatic heterocycles. The third kappa shape index (κ3) is 2.37. The SMILES string of the molecule is Cc1cccc(SC2(CN)CC(C)C2)c1. The molecule has 0 unspecified atom stereocenters. The molecule has 0 amide bonds. The summed E-state index contributed by atoms with van der Waals surface area (Å²) in [5.74, 6) is 0.853. The highest BCUT2D eigenvalue weighted by Crippen LogP contribution is 2.50. The molecule has 1 aromatic carbocycles. The van der Waals surface area contributed by atoms with E-state index in [-0.39, 0.29) is 0 Å².